The Kier molecular flexibility index (Phi) is 2.47. The number of nitrogens with zero attached hydrogens (tertiary/aromatic N) is 3. The topological polar surface area (TPSA) is 36.9 Å². The second-order valence-electron chi connectivity index (χ2n) is 5.69. The van der Waals surface area contributed by atoms with Crippen LogP contribution >= 0.6 is 0 Å². The van der Waals surface area contributed by atoms with Gasteiger partial charge in [-0.3, -0.25) is 5.10 Å². The summed E-state index contributed by atoms with van der Waals surface area (Å²) in [5.74, 6) is 0. The molecule has 1 N–H and O–H groups in total. The third-order valence-corrected chi connectivity index (χ3v) is 4.28. The normalized spacial score (nSPS) is 15.7. The summed E-state index contributed by atoms with van der Waals surface area (Å²) >= 11 is 0. The molecule has 0 unspecified atom stereocenters. The maximum atomic E-state index is 4.60. The molecule has 3 heterocycles. The molecule has 102 valence electrons. The summed E-state index contributed by atoms with van der Waals surface area (Å²) in [5, 5.41) is 9.11. The zero-order chi connectivity index (χ0) is 13.7. The Labute approximate surface area is 118 Å². The van der Waals surface area contributed by atoms with Gasteiger partial charge in [-0.05, 0) is 13.1 Å². The van der Waals surface area contributed by atoms with Crippen molar-refractivity contribution in [2.45, 2.75) is 13.0 Å². The average Bonchev–Trinajstić information content (AvgIpc) is 3.00. The Hall–Kier alpha value is -2.07. The summed E-state index contributed by atoms with van der Waals surface area (Å²) in [6.07, 6.45) is 3.25. The molecule has 0 fully saturated rings. The molecule has 4 nitrogen and oxygen atoms in total. The maximum absolute atomic E-state index is 4.60. The standard InChI is InChI=1S/C16H18N4/c1-19-8-7-14-13(9-19)16(18-17-14)12-10-20(2)15-6-4-3-5-11(12)15/h3-6,10H,7-9H2,1-2H3,(H,17,18). The second-order valence-corrected chi connectivity index (χ2v) is 5.69. The molecule has 0 saturated heterocycles. The molecule has 1 aliphatic rings. The zero-order valence-electron chi connectivity index (χ0n) is 11.8. The van der Waals surface area contributed by atoms with Crippen LogP contribution in [0.4, 0.5) is 0 Å². The highest BCUT2D eigenvalue weighted by Gasteiger charge is 2.22. The number of H-pyrrole nitrogens is 1. The molecule has 1 aromatic carbocycles. The molecule has 2 aromatic heterocycles. The number of rotatable bonds is 1. The number of hydrogen-bond donors (Lipinski definition) is 1. The fourth-order valence-electron chi connectivity index (χ4n) is 3.18. The van der Waals surface area contributed by atoms with Gasteiger partial charge in [0.2, 0.25) is 0 Å². The Bertz CT molecular complexity index is 781. The Morgan fingerprint density at radius 1 is 1.20 bits per heavy atom. The van der Waals surface area contributed by atoms with Crippen LogP contribution in [-0.2, 0) is 20.0 Å². The van der Waals surface area contributed by atoms with Crippen LogP contribution in [0.2, 0.25) is 0 Å². The summed E-state index contributed by atoms with van der Waals surface area (Å²) in [5.41, 5.74) is 6.25. The number of aryl methyl sites for hydroxylation is 1. The summed E-state index contributed by atoms with van der Waals surface area (Å²) < 4.78 is 2.18. The predicted octanol–water partition coefficient (Wildman–Crippen LogP) is 2.56. The van der Waals surface area contributed by atoms with E-state index in [-0.39, 0.29) is 0 Å². The first-order valence-corrected chi connectivity index (χ1v) is 7.03. The van der Waals surface area contributed by atoms with Gasteiger partial charge < -0.3 is 9.47 Å². The SMILES string of the molecule is CN1CCc2[nH]nc(-c3cn(C)c4ccccc34)c2C1. The zero-order valence-corrected chi connectivity index (χ0v) is 11.8. The van der Waals surface area contributed by atoms with E-state index in [4.69, 9.17) is 0 Å². The smallest absolute Gasteiger partial charge is 0.0990 e. The maximum Gasteiger partial charge on any atom is 0.0990 e. The highest BCUT2D eigenvalue weighted by Crippen LogP contribution is 2.33. The molecule has 3 aromatic rings. The van der Waals surface area contributed by atoms with Crippen molar-refractivity contribution in [2.75, 3.05) is 13.6 Å². The molecule has 4 heteroatoms. The fourth-order valence-corrected chi connectivity index (χ4v) is 3.18. The first-order valence-electron chi connectivity index (χ1n) is 7.03. The van der Waals surface area contributed by atoms with Crippen LogP contribution in [0.25, 0.3) is 22.2 Å². The highest BCUT2D eigenvalue weighted by molar-refractivity contribution is 5.95. The molecule has 0 amide bonds. The van der Waals surface area contributed by atoms with Crippen molar-refractivity contribution in [3.05, 3.63) is 41.7 Å². The minimum atomic E-state index is 0.977. The molecule has 0 radical (unpaired) electrons. The lowest BCUT2D eigenvalue weighted by Crippen LogP contribution is -2.26. The molecule has 0 atom stereocenters. The molecule has 0 spiro atoms. The lowest BCUT2D eigenvalue weighted by molar-refractivity contribution is 0.312. The number of benzene rings is 1. The van der Waals surface area contributed by atoms with E-state index in [0.29, 0.717) is 0 Å². The Morgan fingerprint density at radius 2 is 2.05 bits per heavy atom. The van der Waals surface area contributed by atoms with Gasteiger partial charge >= 0.3 is 0 Å². The van der Waals surface area contributed by atoms with Crippen molar-refractivity contribution < 1.29 is 0 Å². The van der Waals surface area contributed by atoms with E-state index in [1.807, 2.05) is 0 Å². The highest BCUT2D eigenvalue weighted by atomic mass is 15.2. The number of fused-ring (bicyclic) bond motifs is 2. The van der Waals surface area contributed by atoms with Crippen LogP contribution in [-0.4, -0.2) is 33.3 Å². The Balaban J connectivity index is 1.94. The van der Waals surface area contributed by atoms with E-state index >= 15 is 0 Å². The molecule has 20 heavy (non-hydrogen) atoms. The largest absolute Gasteiger partial charge is 0.350 e. The van der Waals surface area contributed by atoms with Crippen molar-refractivity contribution in [3.8, 4) is 11.3 Å². The molecule has 0 saturated carbocycles. The molecule has 0 aliphatic carbocycles. The lowest BCUT2D eigenvalue weighted by atomic mass is 10.0. The van der Waals surface area contributed by atoms with Crippen molar-refractivity contribution in [3.63, 3.8) is 0 Å². The van der Waals surface area contributed by atoms with Crippen LogP contribution in [0.5, 0.6) is 0 Å². The minimum absolute atomic E-state index is 0.977. The van der Waals surface area contributed by atoms with Crippen molar-refractivity contribution in [1.82, 2.24) is 19.7 Å². The fraction of sp³-hybridized carbons (Fsp3) is 0.312. The number of aromatic amines is 1. The molecular formula is C16H18N4. The molecule has 0 bridgehead atoms. The molecular weight excluding hydrogens is 248 g/mol. The van der Waals surface area contributed by atoms with Crippen LogP contribution < -0.4 is 0 Å². The molecule has 1 aliphatic heterocycles. The minimum Gasteiger partial charge on any atom is -0.350 e. The van der Waals surface area contributed by atoms with Gasteiger partial charge in [0.25, 0.3) is 0 Å². The average molecular weight is 266 g/mol. The third kappa shape index (κ3) is 1.61. The van der Waals surface area contributed by atoms with Gasteiger partial charge in [0.1, 0.15) is 0 Å². The number of para-hydroxylation sites is 1. The first kappa shape index (κ1) is 11.7. The van der Waals surface area contributed by atoms with Gasteiger partial charge in [-0.15, -0.1) is 0 Å². The first-order chi connectivity index (χ1) is 9.74. The summed E-state index contributed by atoms with van der Waals surface area (Å²) in [6, 6.07) is 8.51. The number of likely N-dealkylation sites (N-methyl/N-ethyl adjacent to an activating group) is 1. The van der Waals surface area contributed by atoms with Gasteiger partial charge in [-0.25, -0.2) is 0 Å². The van der Waals surface area contributed by atoms with Crippen molar-refractivity contribution >= 4 is 10.9 Å². The van der Waals surface area contributed by atoms with E-state index in [0.717, 1.165) is 25.2 Å². The van der Waals surface area contributed by atoms with Crippen LogP contribution in [0.15, 0.2) is 30.5 Å². The van der Waals surface area contributed by atoms with Crippen molar-refractivity contribution in [1.29, 1.82) is 0 Å². The van der Waals surface area contributed by atoms with Gasteiger partial charge in [0, 0.05) is 60.5 Å². The van der Waals surface area contributed by atoms with E-state index in [1.165, 1.54) is 27.7 Å². The second kappa shape index (κ2) is 4.21. The predicted molar refractivity (Wildman–Crippen MR) is 80.5 cm³/mol. The van der Waals surface area contributed by atoms with Crippen LogP contribution in [0.3, 0.4) is 0 Å². The van der Waals surface area contributed by atoms with E-state index in [1.54, 1.807) is 0 Å². The van der Waals surface area contributed by atoms with E-state index in [9.17, 15) is 0 Å². The van der Waals surface area contributed by atoms with Gasteiger partial charge in [0.15, 0.2) is 0 Å². The monoisotopic (exact) mass is 266 g/mol. The summed E-state index contributed by atoms with van der Waals surface area (Å²) in [4.78, 5) is 2.35. The molecule has 4 rings (SSSR count). The number of hydrogen-bond acceptors (Lipinski definition) is 2. The Morgan fingerprint density at radius 3 is 2.95 bits per heavy atom. The number of aromatic nitrogens is 3. The van der Waals surface area contributed by atoms with Gasteiger partial charge in [0.05, 0.1) is 5.69 Å². The quantitative estimate of drug-likeness (QED) is 0.735. The third-order valence-electron chi connectivity index (χ3n) is 4.28. The number of nitrogens with one attached hydrogen (secondary N) is 1. The van der Waals surface area contributed by atoms with Gasteiger partial charge in [-0.2, -0.15) is 5.10 Å². The summed E-state index contributed by atoms with van der Waals surface area (Å²) in [6.45, 7) is 2.08. The van der Waals surface area contributed by atoms with Crippen LogP contribution in [0.1, 0.15) is 11.3 Å². The van der Waals surface area contributed by atoms with Crippen molar-refractivity contribution in [2.24, 2.45) is 7.05 Å². The van der Waals surface area contributed by atoms with Crippen LogP contribution in [0, 0.1) is 0 Å². The van der Waals surface area contributed by atoms with Gasteiger partial charge in [-0.1, -0.05) is 18.2 Å². The summed E-state index contributed by atoms with van der Waals surface area (Å²) in [7, 11) is 4.26. The lowest BCUT2D eigenvalue weighted by Gasteiger charge is -2.22. The van der Waals surface area contributed by atoms with E-state index < -0.39 is 0 Å². The van der Waals surface area contributed by atoms with E-state index in [2.05, 4.69) is 64.2 Å².